The van der Waals surface area contributed by atoms with Crippen LogP contribution in [0, 0.1) is 0 Å². The third-order valence-electron chi connectivity index (χ3n) is 2.81. The van der Waals surface area contributed by atoms with Gasteiger partial charge in [0.2, 0.25) is 0 Å². The van der Waals surface area contributed by atoms with Gasteiger partial charge in [-0.1, -0.05) is 0 Å². The van der Waals surface area contributed by atoms with Gasteiger partial charge in [-0.25, -0.2) is 0 Å². The molecule has 14 heavy (non-hydrogen) atoms. The van der Waals surface area contributed by atoms with Crippen LogP contribution in [0.1, 0.15) is 24.4 Å². The average molecular weight is 275 g/mol. The van der Waals surface area contributed by atoms with Crippen LogP contribution in [-0.4, -0.2) is 24.5 Å². The van der Waals surface area contributed by atoms with E-state index in [0.717, 1.165) is 6.54 Å². The minimum atomic E-state index is 0.415. The lowest BCUT2D eigenvalue weighted by Crippen LogP contribution is -2.31. The molecule has 0 bridgehead atoms. The number of likely N-dealkylation sites (tertiary alicyclic amines) is 1. The second-order valence-corrected chi connectivity index (χ2v) is 5.27. The first kappa shape index (κ1) is 10.6. The normalized spacial score (nSPS) is 20.1. The summed E-state index contributed by atoms with van der Waals surface area (Å²) in [6.45, 7) is 3.11. The number of nitrogens with zero attached hydrogens (tertiary/aromatic N) is 1. The van der Waals surface area contributed by atoms with Crippen molar-refractivity contribution in [3.05, 3.63) is 20.8 Å². The van der Waals surface area contributed by atoms with Crippen LogP contribution >= 0.6 is 27.3 Å². The van der Waals surface area contributed by atoms with Gasteiger partial charge >= 0.3 is 0 Å². The van der Waals surface area contributed by atoms with E-state index in [2.05, 4.69) is 31.6 Å². The molecule has 0 spiro atoms. The lowest BCUT2D eigenvalue weighted by molar-refractivity contribution is 0.251. The summed E-state index contributed by atoms with van der Waals surface area (Å²) in [6, 6.07) is 0.415. The van der Waals surface area contributed by atoms with Crippen LogP contribution in [0.15, 0.2) is 15.2 Å². The van der Waals surface area contributed by atoms with Crippen molar-refractivity contribution in [3.63, 3.8) is 0 Å². The highest BCUT2D eigenvalue weighted by Crippen LogP contribution is 2.32. The zero-order valence-corrected chi connectivity index (χ0v) is 10.5. The average Bonchev–Trinajstić information content (AvgIpc) is 2.80. The van der Waals surface area contributed by atoms with E-state index >= 15 is 0 Å². The van der Waals surface area contributed by atoms with Crippen molar-refractivity contribution in [2.45, 2.75) is 18.9 Å². The molecule has 1 aromatic rings. The monoisotopic (exact) mass is 274 g/mol. The molecule has 1 unspecified atom stereocenters. The van der Waals surface area contributed by atoms with Crippen molar-refractivity contribution in [1.82, 2.24) is 4.90 Å². The van der Waals surface area contributed by atoms with E-state index in [1.165, 1.54) is 36.0 Å². The number of hydrogen-bond donors (Lipinski definition) is 1. The quantitative estimate of drug-likeness (QED) is 0.918. The molecule has 2 heterocycles. The Morgan fingerprint density at radius 2 is 2.14 bits per heavy atom. The van der Waals surface area contributed by atoms with Crippen LogP contribution in [-0.2, 0) is 0 Å². The Labute approximate surface area is 97.2 Å². The Hall–Kier alpha value is 0.1000. The fraction of sp³-hybridized carbons (Fsp3) is 0.600. The molecule has 4 heteroatoms. The molecule has 0 radical (unpaired) electrons. The zero-order valence-electron chi connectivity index (χ0n) is 8.08. The van der Waals surface area contributed by atoms with Crippen LogP contribution in [0.25, 0.3) is 0 Å². The number of rotatable bonds is 3. The molecule has 1 aliphatic rings. The maximum Gasteiger partial charge on any atom is 0.0489 e. The molecule has 1 aliphatic heterocycles. The summed E-state index contributed by atoms with van der Waals surface area (Å²) < 4.78 is 1.21. The second kappa shape index (κ2) is 4.75. The molecule has 2 N–H and O–H groups in total. The first-order valence-corrected chi connectivity index (χ1v) is 6.72. The van der Waals surface area contributed by atoms with Gasteiger partial charge in [-0.15, -0.1) is 0 Å². The SMILES string of the molecule is NCC(c1cscc1Br)N1CCCC1. The lowest BCUT2D eigenvalue weighted by atomic mass is 10.1. The fourth-order valence-electron chi connectivity index (χ4n) is 2.06. The Bertz CT molecular complexity index is 294. The Balaban J connectivity index is 2.16. The second-order valence-electron chi connectivity index (χ2n) is 3.67. The predicted molar refractivity (Wildman–Crippen MR) is 64.6 cm³/mol. The fourth-order valence-corrected chi connectivity index (χ4v) is 3.66. The van der Waals surface area contributed by atoms with Crippen LogP contribution in [0.2, 0.25) is 0 Å². The molecular formula is C10H15BrN2S. The minimum absolute atomic E-state index is 0.415. The van der Waals surface area contributed by atoms with Gasteiger partial charge in [0, 0.05) is 22.4 Å². The van der Waals surface area contributed by atoms with Crippen LogP contribution in [0.4, 0.5) is 0 Å². The number of hydrogen-bond acceptors (Lipinski definition) is 3. The van der Waals surface area contributed by atoms with Crippen molar-refractivity contribution in [2.75, 3.05) is 19.6 Å². The summed E-state index contributed by atoms with van der Waals surface area (Å²) in [5, 5.41) is 4.34. The summed E-state index contributed by atoms with van der Waals surface area (Å²) in [5.41, 5.74) is 7.22. The molecule has 2 nitrogen and oxygen atoms in total. The predicted octanol–water partition coefficient (Wildman–Crippen LogP) is 2.61. The highest BCUT2D eigenvalue weighted by Gasteiger charge is 2.23. The van der Waals surface area contributed by atoms with Gasteiger partial charge in [-0.05, 0) is 52.8 Å². The highest BCUT2D eigenvalue weighted by atomic mass is 79.9. The summed E-state index contributed by atoms with van der Waals surface area (Å²) in [4.78, 5) is 2.49. The minimum Gasteiger partial charge on any atom is -0.329 e. The highest BCUT2D eigenvalue weighted by molar-refractivity contribution is 9.10. The summed E-state index contributed by atoms with van der Waals surface area (Å²) >= 11 is 5.32. The summed E-state index contributed by atoms with van der Waals surface area (Å²) in [7, 11) is 0. The van der Waals surface area contributed by atoms with Gasteiger partial charge in [-0.3, -0.25) is 4.90 Å². The van der Waals surface area contributed by atoms with E-state index in [9.17, 15) is 0 Å². The van der Waals surface area contributed by atoms with Gasteiger partial charge in [-0.2, -0.15) is 11.3 Å². The van der Waals surface area contributed by atoms with Gasteiger partial charge in [0.15, 0.2) is 0 Å². The third-order valence-corrected chi connectivity index (χ3v) is 4.56. The molecule has 1 aromatic heterocycles. The van der Waals surface area contributed by atoms with E-state index in [0.29, 0.717) is 6.04 Å². The molecule has 0 saturated carbocycles. The van der Waals surface area contributed by atoms with Gasteiger partial charge < -0.3 is 5.73 Å². The Kier molecular flexibility index (Phi) is 3.60. The van der Waals surface area contributed by atoms with E-state index in [1.807, 2.05) is 0 Å². The van der Waals surface area contributed by atoms with E-state index in [-0.39, 0.29) is 0 Å². The van der Waals surface area contributed by atoms with E-state index in [1.54, 1.807) is 11.3 Å². The molecule has 0 aromatic carbocycles. The largest absolute Gasteiger partial charge is 0.329 e. The summed E-state index contributed by atoms with van der Waals surface area (Å²) in [6.07, 6.45) is 2.64. The van der Waals surface area contributed by atoms with E-state index < -0.39 is 0 Å². The maximum absolute atomic E-state index is 5.85. The zero-order chi connectivity index (χ0) is 9.97. The standard InChI is InChI=1S/C10H15BrN2S/c11-9-7-14-6-8(9)10(5-12)13-3-1-2-4-13/h6-7,10H,1-5,12H2. The first-order valence-electron chi connectivity index (χ1n) is 4.98. The number of halogens is 1. The van der Waals surface area contributed by atoms with Crippen LogP contribution in [0.5, 0.6) is 0 Å². The van der Waals surface area contributed by atoms with Crippen molar-refractivity contribution < 1.29 is 0 Å². The van der Waals surface area contributed by atoms with Crippen molar-refractivity contribution in [1.29, 1.82) is 0 Å². The smallest absolute Gasteiger partial charge is 0.0489 e. The first-order chi connectivity index (χ1) is 6.83. The Morgan fingerprint density at radius 3 is 2.64 bits per heavy atom. The summed E-state index contributed by atoms with van der Waals surface area (Å²) in [5.74, 6) is 0. The van der Waals surface area contributed by atoms with Crippen LogP contribution in [0.3, 0.4) is 0 Å². The molecule has 78 valence electrons. The Morgan fingerprint density at radius 1 is 1.43 bits per heavy atom. The van der Waals surface area contributed by atoms with E-state index in [4.69, 9.17) is 5.73 Å². The molecule has 0 amide bonds. The topological polar surface area (TPSA) is 29.3 Å². The molecule has 2 rings (SSSR count). The molecular weight excluding hydrogens is 260 g/mol. The van der Waals surface area contributed by atoms with Crippen molar-refractivity contribution in [2.24, 2.45) is 5.73 Å². The molecule has 0 aliphatic carbocycles. The molecule has 1 fully saturated rings. The third kappa shape index (κ3) is 2.03. The van der Waals surface area contributed by atoms with Gasteiger partial charge in [0.25, 0.3) is 0 Å². The van der Waals surface area contributed by atoms with Gasteiger partial charge in [0.1, 0.15) is 0 Å². The maximum atomic E-state index is 5.85. The molecule has 1 atom stereocenters. The van der Waals surface area contributed by atoms with Gasteiger partial charge in [0.05, 0.1) is 0 Å². The van der Waals surface area contributed by atoms with Crippen LogP contribution < -0.4 is 5.73 Å². The number of nitrogens with two attached hydrogens (primary N) is 1. The molecule has 1 saturated heterocycles. The van der Waals surface area contributed by atoms with Crippen molar-refractivity contribution in [3.8, 4) is 0 Å². The number of thiophene rings is 1. The van der Waals surface area contributed by atoms with Crippen molar-refractivity contribution >= 4 is 27.3 Å². The lowest BCUT2D eigenvalue weighted by Gasteiger charge is -2.26.